The molecular weight excluding hydrogens is 250 g/mol. The lowest BCUT2D eigenvalue weighted by atomic mass is 10.1. The van der Waals surface area contributed by atoms with Crippen LogP contribution in [0.5, 0.6) is 0 Å². The van der Waals surface area contributed by atoms with Crippen molar-refractivity contribution in [1.29, 1.82) is 0 Å². The first-order chi connectivity index (χ1) is 9.70. The van der Waals surface area contributed by atoms with Gasteiger partial charge in [0.05, 0.1) is 0 Å². The Kier molecular flexibility index (Phi) is 14.7. The van der Waals surface area contributed by atoms with E-state index in [0.29, 0.717) is 6.54 Å². The summed E-state index contributed by atoms with van der Waals surface area (Å²) >= 11 is 0. The molecule has 0 aromatic carbocycles. The molecule has 0 saturated heterocycles. The second-order valence-corrected chi connectivity index (χ2v) is 5.71. The molecule has 3 heteroatoms. The zero-order chi connectivity index (χ0) is 15.1. The molecule has 0 radical (unpaired) electrons. The largest absolute Gasteiger partial charge is 0.367 e. The molecule has 20 heavy (non-hydrogen) atoms. The summed E-state index contributed by atoms with van der Waals surface area (Å²) in [6, 6.07) is 0. The first-order valence-electron chi connectivity index (χ1n) is 8.40. The maximum Gasteiger partial charge on any atom is 0.164 e. The van der Waals surface area contributed by atoms with Gasteiger partial charge in [0.25, 0.3) is 0 Å². The molecule has 120 valence electrons. The Balaban J connectivity index is 3.34. The third kappa shape index (κ3) is 14.0. The minimum absolute atomic E-state index is 0.323. The van der Waals surface area contributed by atoms with Gasteiger partial charge in [0.2, 0.25) is 0 Å². The van der Waals surface area contributed by atoms with Crippen molar-refractivity contribution in [2.75, 3.05) is 19.6 Å². The molecule has 0 unspecified atom stereocenters. The van der Waals surface area contributed by atoms with Gasteiger partial charge in [-0.15, -0.1) is 6.58 Å². The van der Waals surface area contributed by atoms with Crippen LogP contribution in [0.1, 0.15) is 71.1 Å². The topological polar surface area (TPSA) is 43.7 Å². The Morgan fingerprint density at radius 3 is 1.85 bits per heavy atom. The smallest absolute Gasteiger partial charge is 0.164 e. The fourth-order valence-electron chi connectivity index (χ4n) is 2.49. The lowest BCUT2D eigenvalue weighted by Gasteiger charge is -2.21. The summed E-state index contributed by atoms with van der Waals surface area (Å²) in [5.41, 5.74) is 0. The van der Waals surface area contributed by atoms with E-state index < -0.39 is 6.29 Å². The molecule has 0 aliphatic carbocycles. The third-order valence-corrected chi connectivity index (χ3v) is 3.64. The molecule has 2 N–H and O–H groups in total. The van der Waals surface area contributed by atoms with Crippen molar-refractivity contribution in [2.24, 2.45) is 0 Å². The summed E-state index contributed by atoms with van der Waals surface area (Å²) in [5, 5.41) is 18.0. The predicted molar refractivity (Wildman–Crippen MR) is 86.7 cm³/mol. The van der Waals surface area contributed by atoms with Gasteiger partial charge < -0.3 is 10.2 Å². The maximum atomic E-state index is 8.99. The van der Waals surface area contributed by atoms with E-state index in [-0.39, 0.29) is 0 Å². The summed E-state index contributed by atoms with van der Waals surface area (Å²) < 4.78 is 0. The highest BCUT2D eigenvalue weighted by molar-refractivity contribution is 4.73. The molecule has 0 aliphatic heterocycles. The highest BCUT2D eigenvalue weighted by Crippen LogP contribution is 2.10. The fourth-order valence-corrected chi connectivity index (χ4v) is 2.49. The lowest BCUT2D eigenvalue weighted by molar-refractivity contribution is -0.0596. The molecule has 0 fully saturated rings. The Hall–Kier alpha value is -0.380. The molecule has 0 amide bonds. The van der Waals surface area contributed by atoms with Crippen molar-refractivity contribution in [2.45, 2.75) is 77.4 Å². The van der Waals surface area contributed by atoms with Crippen LogP contribution in [0.25, 0.3) is 0 Å². The van der Waals surface area contributed by atoms with Crippen LogP contribution < -0.4 is 0 Å². The van der Waals surface area contributed by atoms with Crippen molar-refractivity contribution < 1.29 is 10.2 Å². The number of nitrogens with zero attached hydrogens (tertiary/aromatic N) is 1. The normalized spacial score (nSPS) is 11.4. The van der Waals surface area contributed by atoms with Crippen LogP contribution >= 0.6 is 0 Å². The van der Waals surface area contributed by atoms with Crippen molar-refractivity contribution in [3.05, 3.63) is 12.7 Å². The highest BCUT2D eigenvalue weighted by atomic mass is 16.5. The van der Waals surface area contributed by atoms with Crippen LogP contribution in [0.2, 0.25) is 0 Å². The number of aliphatic hydroxyl groups excluding tert-OH is 1. The number of hydrogen-bond donors (Lipinski definition) is 2. The number of hydrogen-bond acceptors (Lipinski definition) is 3. The molecule has 0 bridgehead atoms. The molecule has 0 heterocycles. The molecule has 0 aromatic rings. The maximum absolute atomic E-state index is 8.99. The zero-order valence-corrected chi connectivity index (χ0v) is 13.4. The zero-order valence-electron chi connectivity index (χ0n) is 13.4. The monoisotopic (exact) mass is 285 g/mol. The Morgan fingerprint density at radius 1 is 0.900 bits per heavy atom. The van der Waals surface area contributed by atoms with E-state index in [1.807, 2.05) is 11.0 Å². The van der Waals surface area contributed by atoms with Crippen LogP contribution in [-0.4, -0.2) is 41.0 Å². The average Bonchev–Trinajstić information content (AvgIpc) is 2.40. The van der Waals surface area contributed by atoms with Gasteiger partial charge in [0.15, 0.2) is 6.29 Å². The van der Waals surface area contributed by atoms with Crippen molar-refractivity contribution in [3.63, 3.8) is 0 Å². The standard InChI is InChI=1S/C17H35NO2/c1-3-5-6-7-8-9-10-11-12-13-15-18(14-4-2)16-17(19)20/h4,17,19-20H,2-3,5-16H2,1H3. The third-order valence-electron chi connectivity index (χ3n) is 3.64. The van der Waals surface area contributed by atoms with Crippen LogP contribution in [0.3, 0.4) is 0 Å². The predicted octanol–water partition coefficient (Wildman–Crippen LogP) is 3.71. The number of rotatable bonds is 15. The van der Waals surface area contributed by atoms with E-state index >= 15 is 0 Å². The van der Waals surface area contributed by atoms with Crippen LogP contribution in [0, 0.1) is 0 Å². The van der Waals surface area contributed by atoms with Gasteiger partial charge in [-0.3, -0.25) is 4.90 Å². The van der Waals surface area contributed by atoms with Gasteiger partial charge in [-0.2, -0.15) is 0 Å². The lowest BCUT2D eigenvalue weighted by Crippen LogP contribution is -2.33. The van der Waals surface area contributed by atoms with Gasteiger partial charge in [0, 0.05) is 13.1 Å². The quantitative estimate of drug-likeness (QED) is 0.274. The van der Waals surface area contributed by atoms with E-state index in [4.69, 9.17) is 10.2 Å². The minimum Gasteiger partial charge on any atom is -0.367 e. The second kappa shape index (κ2) is 15.0. The summed E-state index contributed by atoms with van der Waals surface area (Å²) in [6.45, 7) is 7.94. The Bertz CT molecular complexity index is 207. The molecule has 0 spiro atoms. The molecule has 0 rings (SSSR count). The average molecular weight is 285 g/mol. The van der Waals surface area contributed by atoms with E-state index in [2.05, 4.69) is 13.5 Å². The molecule has 0 aromatic heterocycles. The highest BCUT2D eigenvalue weighted by Gasteiger charge is 2.06. The molecule has 3 nitrogen and oxygen atoms in total. The summed E-state index contributed by atoms with van der Waals surface area (Å²) in [4.78, 5) is 2.04. The van der Waals surface area contributed by atoms with Gasteiger partial charge in [-0.25, -0.2) is 0 Å². The first kappa shape index (κ1) is 19.6. The van der Waals surface area contributed by atoms with Gasteiger partial charge in [-0.05, 0) is 13.0 Å². The van der Waals surface area contributed by atoms with Crippen molar-refractivity contribution >= 4 is 0 Å². The summed E-state index contributed by atoms with van der Waals surface area (Å²) in [6.07, 6.45) is 13.9. The van der Waals surface area contributed by atoms with Gasteiger partial charge >= 0.3 is 0 Å². The van der Waals surface area contributed by atoms with Crippen LogP contribution in [0.4, 0.5) is 0 Å². The van der Waals surface area contributed by atoms with E-state index in [1.54, 1.807) is 0 Å². The van der Waals surface area contributed by atoms with Crippen LogP contribution in [0.15, 0.2) is 12.7 Å². The molecule has 0 saturated carbocycles. The van der Waals surface area contributed by atoms with E-state index in [0.717, 1.165) is 19.5 Å². The Morgan fingerprint density at radius 2 is 1.40 bits per heavy atom. The molecule has 0 atom stereocenters. The molecular formula is C17H35NO2. The first-order valence-corrected chi connectivity index (χ1v) is 8.40. The summed E-state index contributed by atoms with van der Waals surface area (Å²) in [7, 11) is 0. The minimum atomic E-state index is -1.24. The van der Waals surface area contributed by atoms with Crippen LogP contribution in [-0.2, 0) is 0 Å². The van der Waals surface area contributed by atoms with Crippen molar-refractivity contribution in [1.82, 2.24) is 4.90 Å². The van der Waals surface area contributed by atoms with Crippen molar-refractivity contribution in [3.8, 4) is 0 Å². The SMILES string of the molecule is C=CCN(CCCCCCCCCCCC)CC(O)O. The Labute approximate surface area is 125 Å². The number of unbranched alkanes of at least 4 members (excludes halogenated alkanes) is 9. The van der Waals surface area contributed by atoms with E-state index in [9.17, 15) is 0 Å². The van der Waals surface area contributed by atoms with Gasteiger partial charge in [-0.1, -0.05) is 70.8 Å². The van der Waals surface area contributed by atoms with E-state index in [1.165, 1.54) is 57.8 Å². The molecule has 0 aliphatic rings. The fraction of sp³-hybridized carbons (Fsp3) is 0.882. The summed E-state index contributed by atoms with van der Waals surface area (Å²) in [5.74, 6) is 0. The number of aliphatic hydroxyl groups is 2. The van der Waals surface area contributed by atoms with Gasteiger partial charge in [0.1, 0.15) is 0 Å². The second-order valence-electron chi connectivity index (χ2n) is 5.71.